The fourth-order valence-electron chi connectivity index (χ4n) is 6.79. The van der Waals surface area contributed by atoms with E-state index in [2.05, 4.69) is 36.5 Å². The van der Waals surface area contributed by atoms with E-state index >= 15 is 0 Å². The summed E-state index contributed by atoms with van der Waals surface area (Å²) in [5, 5.41) is 65.3. The molecule has 0 saturated carbocycles. The molecule has 0 radical (unpaired) electrons. The predicted octanol–water partition coefficient (Wildman–Crippen LogP) is 5.49. The molecule has 1 heterocycles. The normalized spacial score (nSPS) is 23.1. The van der Waals surface area contributed by atoms with Crippen molar-refractivity contribution < 1.29 is 40.2 Å². The van der Waals surface area contributed by atoms with Gasteiger partial charge in [-0.25, -0.2) is 0 Å². The Morgan fingerprint density at radius 2 is 1.25 bits per heavy atom. The van der Waals surface area contributed by atoms with E-state index in [9.17, 15) is 35.4 Å². The van der Waals surface area contributed by atoms with E-state index in [1.807, 2.05) is 6.07 Å². The van der Waals surface area contributed by atoms with Crippen LogP contribution in [0.2, 0.25) is 0 Å². The minimum absolute atomic E-state index is 0.149. The Bertz CT molecular complexity index is 919. The van der Waals surface area contributed by atoms with Gasteiger partial charge in [0, 0.05) is 6.42 Å². The topological polar surface area (TPSA) is 160 Å². The summed E-state index contributed by atoms with van der Waals surface area (Å²) in [5.41, 5.74) is 1.34. The summed E-state index contributed by atoms with van der Waals surface area (Å²) in [7, 11) is 0. The van der Waals surface area contributed by atoms with E-state index < -0.39 is 55.4 Å². The third-order valence-electron chi connectivity index (χ3n) is 9.97. The van der Waals surface area contributed by atoms with E-state index in [-0.39, 0.29) is 18.7 Å². The lowest BCUT2D eigenvalue weighted by Gasteiger charge is -2.40. The second-order valence-corrected chi connectivity index (χ2v) is 14.1. The Balaban J connectivity index is 1.77. The number of carbonyl (C=O) groups is 1. The summed E-state index contributed by atoms with van der Waals surface area (Å²) >= 11 is 0. The average Bonchev–Trinajstić information content (AvgIpc) is 3.09. The SMILES string of the molecule is CCCCCCCCCCCCCC[C@@H](O)[C@@H](O)[C@H](CC[C@H]1O[C@H](CO)[C@H](O)[C@H](O)[C@H]1O)NC(=O)CCCCCCCc1ccccc1. The summed E-state index contributed by atoms with van der Waals surface area (Å²) < 4.78 is 5.65. The van der Waals surface area contributed by atoms with Crippen LogP contribution >= 0.6 is 0 Å². The first-order valence-corrected chi connectivity index (χ1v) is 19.3. The number of aliphatic hydroxyl groups excluding tert-OH is 6. The van der Waals surface area contributed by atoms with Crippen LogP contribution in [0.25, 0.3) is 0 Å². The van der Waals surface area contributed by atoms with Gasteiger partial charge >= 0.3 is 0 Å². The number of aliphatic hydroxyl groups is 6. The molecule has 1 aliphatic rings. The Hall–Kier alpha value is -1.59. The molecule has 2 rings (SSSR count). The molecule has 1 aromatic carbocycles. The van der Waals surface area contributed by atoms with Gasteiger partial charge in [0.1, 0.15) is 24.4 Å². The third-order valence-corrected chi connectivity index (χ3v) is 9.97. The fraction of sp³-hybridized carbons (Fsp3) is 0.821. The average molecular weight is 680 g/mol. The first kappa shape index (κ1) is 42.6. The van der Waals surface area contributed by atoms with Crippen LogP contribution in [0.15, 0.2) is 30.3 Å². The van der Waals surface area contributed by atoms with E-state index in [0.717, 1.165) is 57.8 Å². The summed E-state index contributed by atoms with van der Waals surface area (Å²) in [6.07, 6.45) is 13.1. The molecule has 8 atom stereocenters. The number of carbonyl (C=O) groups excluding carboxylic acids is 1. The number of unbranched alkanes of at least 4 members (excludes halogenated alkanes) is 15. The van der Waals surface area contributed by atoms with Crippen LogP contribution in [0.5, 0.6) is 0 Å². The summed E-state index contributed by atoms with van der Waals surface area (Å²) in [6, 6.07) is 9.64. The number of hydrogen-bond donors (Lipinski definition) is 7. The largest absolute Gasteiger partial charge is 0.394 e. The fourth-order valence-corrected chi connectivity index (χ4v) is 6.79. The first-order chi connectivity index (χ1) is 23.3. The molecule has 0 unspecified atom stereocenters. The van der Waals surface area contributed by atoms with Crippen LogP contribution in [0, 0.1) is 0 Å². The quantitative estimate of drug-likeness (QED) is 0.0573. The Morgan fingerprint density at radius 1 is 0.708 bits per heavy atom. The lowest BCUT2D eigenvalue weighted by atomic mass is 9.90. The van der Waals surface area contributed by atoms with Crippen LogP contribution in [0.1, 0.15) is 147 Å². The van der Waals surface area contributed by atoms with Crippen LogP contribution in [-0.4, -0.2) is 91.9 Å². The molecule has 1 fully saturated rings. The minimum Gasteiger partial charge on any atom is -0.394 e. The smallest absolute Gasteiger partial charge is 0.220 e. The van der Waals surface area contributed by atoms with Crippen molar-refractivity contribution in [2.24, 2.45) is 0 Å². The Labute approximate surface area is 290 Å². The van der Waals surface area contributed by atoms with Gasteiger partial charge in [0.05, 0.1) is 31.0 Å². The maximum atomic E-state index is 12.9. The Morgan fingerprint density at radius 3 is 1.85 bits per heavy atom. The van der Waals surface area contributed by atoms with Crippen molar-refractivity contribution in [3.63, 3.8) is 0 Å². The second-order valence-electron chi connectivity index (χ2n) is 14.1. The number of benzene rings is 1. The van der Waals surface area contributed by atoms with Crippen LogP contribution in [0.4, 0.5) is 0 Å². The van der Waals surface area contributed by atoms with Crippen LogP contribution in [0.3, 0.4) is 0 Å². The van der Waals surface area contributed by atoms with Crippen molar-refractivity contribution in [1.29, 1.82) is 0 Å². The standard InChI is InChI=1S/C39H69NO8/c1-2-3-4-5-6-7-8-9-10-11-14-20-25-32(42)36(44)31(27-28-33-37(45)39(47)38(46)34(29-41)48-33)40-35(43)26-21-15-12-13-17-22-30-23-18-16-19-24-30/h16,18-19,23-24,31-34,36-39,41-42,44-47H,2-15,17,20-22,25-29H2,1H3,(H,40,43)/t31-,32+,33+,34+,36-,37-,38-,39+/m0/s1. The zero-order valence-corrected chi connectivity index (χ0v) is 29.8. The first-order valence-electron chi connectivity index (χ1n) is 19.3. The van der Waals surface area contributed by atoms with Crippen molar-refractivity contribution >= 4 is 5.91 Å². The molecule has 1 saturated heterocycles. The molecule has 0 spiro atoms. The molecule has 9 heteroatoms. The van der Waals surface area contributed by atoms with E-state index in [1.165, 1.54) is 63.4 Å². The van der Waals surface area contributed by atoms with Crippen molar-refractivity contribution in [3.05, 3.63) is 35.9 Å². The number of hydrogen-bond acceptors (Lipinski definition) is 8. The number of aryl methyl sites for hydroxylation is 1. The van der Waals surface area contributed by atoms with Crippen LogP contribution < -0.4 is 5.32 Å². The highest BCUT2D eigenvalue weighted by atomic mass is 16.5. The van der Waals surface area contributed by atoms with E-state index in [4.69, 9.17) is 4.74 Å². The summed E-state index contributed by atoms with van der Waals surface area (Å²) in [6.45, 7) is 1.72. The predicted molar refractivity (Wildman–Crippen MR) is 190 cm³/mol. The molecule has 1 amide bonds. The van der Waals surface area contributed by atoms with Gasteiger partial charge in [0.2, 0.25) is 5.91 Å². The molecular formula is C39H69NO8. The highest BCUT2D eigenvalue weighted by Gasteiger charge is 2.43. The van der Waals surface area contributed by atoms with Crippen molar-refractivity contribution in [2.45, 2.75) is 197 Å². The number of rotatable bonds is 28. The monoisotopic (exact) mass is 680 g/mol. The molecule has 1 aromatic rings. The maximum Gasteiger partial charge on any atom is 0.220 e. The van der Waals surface area contributed by atoms with Gasteiger partial charge < -0.3 is 40.7 Å². The molecule has 0 bridgehead atoms. The molecule has 7 N–H and O–H groups in total. The summed E-state index contributed by atoms with van der Waals surface area (Å²) in [5.74, 6) is -0.199. The van der Waals surface area contributed by atoms with Gasteiger partial charge in [0.25, 0.3) is 0 Å². The minimum atomic E-state index is -1.48. The second kappa shape index (κ2) is 26.3. The zero-order valence-electron chi connectivity index (χ0n) is 29.8. The van der Waals surface area contributed by atoms with Gasteiger partial charge in [-0.05, 0) is 44.1 Å². The molecule has 9 nitrogen and oxygen atoms in total. The highest BCUT2D eigenvalue weighted by Crippen LogP contribution is 2.26. The molecule has 48 heavy (non-hydrogen) atoms. The van der Waals surface area contributed by atoms with Crippen molar-refractivity contribution in [2.75, 3.05) is 6.61 Å². The van der Waals surface area contributed by atoms with Gasteiger partial charge in [-0.15, -0.1) is 0 Å². The zero-order chi connectivity index (χ0) is 35.0. The Kier molecular flexibility index (Phi) is 23.3. The molecule has 0 aromatic heterocycles. The number of ether oxygens (including phenoxy) is 1. The lowest BCUT2D eigenvalue weighted by Crippen LogP contribution is -2.59. The van der Waals surface area contributed by atoms with Gasteiger partial charge in [0.15, 0.2) is 0 Å². The van der Waals surface area contributed by atoms with Crippen LogP contribution in [-0.2, 0) is 16.0 Å². The number of nitrogens with one attached hydrogen (secondary N) is 1. The van der Waals surface area contributed by atoms with Crippen molar-refractivity contribution in [1.82, 2.24) is 5.32 Å². The van der Waals surface area contributed by atoms with Gasteiger partial charge in [-0.2, -0.15) is 0 Å². The molecule has 0 aliphatic carbocycles. The maximum absolute atomic E-state index is 12.9. The highest BCUT2D eigenvalue weighted by molar-refractivity contribution is 5.76. The third kappa shape index (κ3) is 17.4. The number of amides is 1. The van der Waals surface area contributed by atoms with Crippen molar-refractivity contribution in [3.8, 4) is 0 Å². The summed E-state index contributed by atoms with van der Waals surface area (Å²) in [4.78, 5) is 12.9. The lowest BCUT2D eigenvalue weighted by molar-refractivity contribution is -0.231. The van der Waals surface area contributed by atoms with Gasteiger partial charge in [-0.1, -0.05) is 134 Å². The van der Waals surface area contributed by atoms with E-state index in [1.54, 1.807) is 0 Å². The molecule has 1 aliphatic heterocycles. The molecular weight excluding hydrogens is 610 g/mol. The molecule has 278 valence electrons. The van der Waals surface area contributed by atoms with E-state index in [0.29, 0.717) is 12.8 Å². The van der Waals surface area contributed by atoms with Gasteiger partial charge in [-0.3, -0.25) is 4.79 Å².